The fourth-order valence-electron chi connectivity index (χ4n) is 3.10. The van der Waals surface area contributed by atoms with E-state index >= 15 is 0 Å². The fraction of sp³-hybridized carbons (Fsp3) is 0.474. The summed E-state index contributed by atoms with van der Waals surface area (Å²) in [4.78, 5) is 0. The molecule has 0 amide bonds. The summed E-state index contributed by atoms with van der Waals surface area (Å²) in [6.07, 6.45) is 9.12. The number of allylic oxidation sites excluding steroid dienone is 3. The van der Waals surface area contributed by atoms with Crippen LogP contribution >= 0.6 is 0 Å². The van der Waals surface area contributed by atoms with E-state index in [2.05, 4.69) is 36.5 Å². The molecule has 0 radical (unpaired) electrons. The van der Waals surface area contributed by atoms with Gasteiger partial charge in [0, 0.05) is 12.6 Å². The summed E-state index contributed by atoms with van der Waals surface area (Å²) >= 11 is 0. The molecule has 2 rings (SSSR count). The van der Waals surface area contributed by atoms with Gasteiger partial charge in [0.25, 0.3) is 0 Å². The van der Waals surface area contributed by atoms with Gasteiger partial charge in [0.1, 0.15) is 6.67 Å². The number of benzene rings is 1. The van der Waals surface area contributed by atoms with Crippen LogP contribution in [0.2, 0.25) is 0 Å². The quantitative estimate of drug-likeness (QED) is 0.744. The van der Waals surface area contributed by atoms with E-state index in [1.165, 1.54) is 17.5 Å². The summed E-state index contributed by atoms with van der Waals surface area (Å²) in [6.45, 7) is 4.74. The first-order valence-corrected chi connectivity index (χ1v) is 7.99. The van der Waals surface area contributed by atoms with Gasteiger partial charge >= 0.3 is 0 Å². The molecule has 1 nitrogen and oxygen atoms in total. The maximum Gasteiger partial charge on any atom is 0.108 e. The van der Waals surface area contributed by atoms with Gasteiger partial charge in [-0.3, -0.25) is 0 Å². The summed E-state index contributed by atoms with van der Waals surface area (Å²) in [7, 11) is 0. The van der Waals surface area contributed by atoms with Crippen LogP contribution in [-0.4, -0.2) is 13.2 Å². The Hall–Kier alpha value is -1.41. The Bertz CT molecular complexity index is 487. The first-order valence-electron chi connectivity index (χ1n) is 7.99. The number of rotatable bonds is 6. The Kier molecular flexibility index (Phi) is 6.19. The Balaban J connectivity index is 2.02. The summed E-state index contributed by atoms with van der Waals surface area (Å²) in [5, 5.41) is 3.57. The van der Waals surface area contributed by atoms with Crippen molar-refractivity contribution in [3.63, 3.8) is 0 Å². The van der Waals surface area contributed by atoms with Crippen LogP contribution in [0.3, 0.4) is 0 Å². The second-order valence-corrected chi connectivity index (χ2v) is 5.74. The van der Waals surface area contributed by atoms with Crippen LogP contribution in [0, 0.1) is 5.92 Å². The van der Waals surface area contributed by atoms with Gasteiger partial charge in [0.2, 0.25) is 0 Å². The number of halogens is 1. The smallest absolute Gasteiger partial charge is 0.108 e. The fourth-order valence-corrected chi connectivity index (χ4v) is 3.10. The molecule has 1 heterocycles. The predicted octanol–water partition coefficient (Wildman–Crippen LogP) is 4.76. The highest BCUT2D eigenvalue weighted by Crippen LogP contribution is 2.32. The van der Waals surface area contributed by atoms with Crippen LogP contribution < -0.4 is 5.32 Å². The van der Waals surface area contributed by atoms with Crippen LogP contribution in [-0.2, 0) is 6.42 Å². The lowest BCUT2D eigenvalue weighted by Crippen LogP contribution is -2.14. The van der Waals surface area contributed by atoms with Gasteiger partial charge in [-0.15, -0.1) is 0 Å². The molecule has 1 aliphatic heterocycles. The van der Waals surface area contributed by atoms with Crippen molar-refractivity contribution >= 4 is 0 Å². The molecule has 1 aromatic rings. The van der Waals surface area contributed by atoms with Crippen molar-refractivity contribution in [3.05, 3.63) is 59.2 Å². The van der Waals surface area contributed by atoms with Gasteiger partial charge in [-0.1, -0.05) is 55.8 Å². The van der Waals surface area contributed by atoms with Crippen molar-refractivity contribution in [2.24, 2.45) is 5.92 Å². The normalized spacial score (nSPS) is 23.1. The van der Waals surface area contributed by atoms with Crippen LogP contribution in [0.5, 0.6) is 0 Å². The Labute approximate surface area is 128 Å². The highest BCUT2D eigenvalue weighted by Gasteiger charge is 2.26. The van der Waals surface area contributed by atoms with E-state index in [9.17, 15) is 4.39 Å². The molecule has 0 spiro atoms. The Morgan fingerprint density at radius 2 is 2.10 bits per heavy atom. The Morgan fingerprint density at radius 1 is 1.33 bits per heavy atom. The van der Waals surface area contributed by atoms with Crippen LogP contribution in [0.25, 0.3) is 0 Å². The molecule has 0 aromatic heterocycles. The van der Waals surface area contributed by atoms with E-state index in [-0.39, 0.29) is 6.67 Å². The number of hydrogen-bond acceptors (Lipinski definition) is 1. The minimum absolute atomic E-state index is 0.382. The third-order valence-corrected chi connectivity index (χ3v) is 4.20. The second-order valence-electron chi connectivity index (χ2n) is 5.74. The molecule has 1 N–H and O–H groups in total. The lowest BCUT2D eigenvalue weighted by molar-refractivity contribution is 0.553. The van der Waals surface area contributed by atoms with Gasteiger partial charge in [0.15, 0.2) is 0 Å². The van der Waals surface area contributed by atoms with E-state index in [0.717, 1.165) is 25.0 Å². The first-order chi connectivity index (χ1) is 10.3. The number of alkyl halides is 1. The zero-order valence-electron chi connectivity index (χ0n) is 13.1. The van der Waals surface area contributed by atoms with Crippen molar-refractivity contribution in [1.82, 2.24) is 5.32 Å². The minimum Gasteiger partial charge on any atom is -0.309 e. The van der Waals surface area contributed by atoms with Gasteiger partial charge in [0.05, 0.1) is 0 Å². The summed E-state index contributed by atoms with van der Waals surface area (Å²) in [6, 6.07) is 9.33. The average molecular weight is 287 g/mol. The van der Waals surface area contributed by atoms with Gasteiger partial charge in [-0.25, -0.2) is 4.39 Å². The lowest BCUT2D eigenvalue weighted by Gasteiger charge is -2.13. The third kappa shape index (κ3) is 4.28. The molecule has 0 saturated carbocycles. The molecule has 21 heavy (non-hydrogen) atoms. The molecular weight excluding hydrogens is 261 g/mol. The maximum absolute atomic E-state index is 12.6. The highest BCUT2D eigenvalue weighted by atomic mass is 19.1. The summed E-state index contributed by atoms with van der Waals surface area (Å²) in [5.41, 5.74) is 3.87. The lowest BCUT2D eigenvalue weighted by atomic mass is 9.92. The van der Waals surface area contributed by atoms with Crippen molar-refractivity contribution < 1.29 is 4.39 Å². The molecular formula is C19H26FN. The van der Waals surface area contributed by atoms with E-state index in [0.29, 0.717) is 12.0 Å². The monoisotopic (exact) mass is 287 g/mol. The van der Waals surface area contributed by atoms with Crippen LogP contribution in [0.4, 0.5) is 4.39 Å². The molecule has 1 aromatic carbocycles. The SMILES string of the molecule is C/C=C\C(=C/CF)C1CNC(c2ccc(CCC)cc2)C1. The van der Waals surface area contributed by atoms with Gasteiger partial charge < -0.3 is 5.32 Å². The molecule has 1 aliphatic rings. The first kappa shape index (κ1) is 16.0. The van der Waals surface area contributed by atoms with Gasteiger partial charge in [-0.05, 0) is 42.4 Å². The zero-order valence-corrected chi connectivity index (χ0v) is 13.1. The highest BCUT2D eigenvalue weighted by molar-refractivity contribution is 5.29. The number of hydrogen-bond donors (Lipinski definition) is 1. The standard InChI is InChI=1S/C19H26FN/c1-3-5-15-7-9-17(10-8-15)19-13-18(14-21-19)16(6-4-2)11-12-20/h4,6-11,18-19,21H,3,5,12-14H2,1-2H3/b6-4-,16-11+. The number of aryl methyl sites for hydroxylation is 1. The molecule has 0 bridgehead atoms. The molecule has 114 valence electrons. The van der Waals surface area contributed by atoms with Crippen molar-refractivity contribution in [3.8, 4) is 0 Å². The largest absolute Gasteiger partial charge is 0.309 e. The minimum atomic E-state index is -0.382. The topological polar surface area (TPSA) is 12.0 Å². The molecule has 0 aliphatic carbocycles. The van der Waals surface area contributed by atoms with E-state index < -0.39 is 0 Å². The third-order valence-electron chi connectivity index (χ3n) is 4.20. The predicted molar refractivity (Wildman–Crippen MR) is 88.2 cm³/mol. The van der Waals surface area contributed by atoms with Crippen molar-refractivity contribution in [1.29, 1.82) is 0 Å². The summed E-state index contributed by atoms with van der Waals surface area (Å²) in [5.74, 6) is 0.414. The molecule has 2 atom stereocenters. The van der Waals surface area contributed by atoms with Crippen molar-refractivity contribution in [2.75, 3.05) is 13.2 Å². The van der Waals surface area contributed by atoms with Gasteiger partial charge in [-0.2, -0.15) is 0 Å². The number of nitrogens with one attached hydrogen (secondary N) is 1. The van der Waals surface area contributed by atoms with Crippen LogP contribution in [0.15, 0.2) is 48.1 Å². The molecule has 1 saturated heterocycles. The van der Waals surface area contributed by atoms with E-state index in [1.807, 2.05) is 19.1 Å². The summed E-state index contributed by atoms with van der Waals surface area (Å²) < 4.78 is 12.6. The second kappa shape index (κ2) is 8.14. The molecule has 2 heteroatoms. The molecule has 1 fully saturated rings. The van der Waals surface area contributed by atoms with E-state index in [4.69, 9.17) is 0 Å². The van der Waals surface area contributed by atoms with Crippen molar-refractivity contribution in [2.45, 2.75) is 39.2 Å². The zero-order chi connectivity index (χ0) is 15.1. The Morgan fingerprint density at radius 3 is 2.71 bits per heavy atom. The maximum atomic E-state index is 12.6. The molecule has 2 unspecified atom stereocenters. The van der Waals surface area contributed by atoms with E-state index in [1.54, 1.807) is 6.08 Å². The average Bonchev–Trinajstić information content (AvgIpc) is 2.98. The van der Waals surface area contributed by atoms with Crippen LogP contribution in [0.1, 0.15) is 43.9 Å².